The third-order valence-corrected chi connectivity index (χ3v) is 4.89. The van der Waals surface area contributed by atoms with Crippen LogP contribution in [0.25, 0.3) is 0 Å². The standard InChI is InChI=1S/C18H26N4O2/c1-13-5-2-8-16(20-13)21-17(23)15-7-4-10-22(12-15)18(24)14-6-3-9-19-11-14/h2,5,8,14-15,19H,3-4,6-7,9-12H2,1H3,(H,20,21,23). The van der Waals surface area contributed by atoms with Crippen molar-refractivity contribution in [3.63, 3.8) is 0 Å². The first-order valence-corrected chi connectivity index (χ1v) is 8.87. The Balaban J connectivity index is 1.58. The highest BCUT2D eigenvalue weighted by molar-refractivity contribution is 5.92. The van der Waals surface area contributed by atoms with E-state index in [4.69, 9.17) is 0 Å². The number of nitrogens with one attached hydrogen (secondary N) is 2. The van der Waals surface area contributed by atoms with Crippen LogP contribution in [0.1, 0.15) is 31.4 Å². The smallest absolute Gasteiger partial charge is 0.230 e. The zero-order chi connectivity index (χ0) is 16.9. The predicted molar refractivity (Wildman–Crippen MR) is 92.5 cm³/mol. The molecule has 0 saturated carbocycles. The average molecular weight is 330 g/mol. The minimum Gasteiger partial charge on any atom is -0.342 e. The van der Waals surface area contributed by atoms with Crippen LogP contribution in [0.3, 0.4) is 0 Å². The second-order valence-electron chi connectivity index (χ2n) is 6.82. The number of likely N-dealkylation sites (tertiary alicyclic amines) is 1. The zero-order valence-electron chi connectivity index (χ0n) is 14.3. The largest absolute Gasteiger partial charge is 0.342 e. The molecule has 0 aromatic carbocycles. The lowest BCUT2D eigenvalue weighted by atomic mass is 9.93. The van der Waals surface area contributed by atoms with E-state index in [1.807, 2.05) is 24.0 Å². The van der Waals surface area contributed by atoms with Crippen molar-refractivity contribution in [3.05, 3.63) is 23.9 Å². The normalized spacial score (nSPS) is 24.5. The lowest BCUT2D eigenvalue weighted by Crippen LogP contribution is -2.48. The SMILES string of the molecule is Cc1cccc(NC(=O)C2CCCN(C(=O)C3CCCNC3)C2)n1. The second kappa shape index (κ2) is 7.75. The molecule has 3 heterocycles. The summed E-state index contributed by atoms with van der Waals surface area (Å²) in [5.41, 5.74) is 0.873. The van der Waals surface area contributed by atoms with Crippen molar-refractivity contribution in [2.45, 2.75) is 32.6 Å². The molecule has 24 heavy (non-hydrogen) atoms. The molecular formula is C18H26N4O2. The van der Waals surface area contributed by atoms with Gasteiger partial charge < -0.3 is 15.5 Å². The topological polar surface area (TPSA) is 74.3 Å². The van der Waals surface area contributed by atoms with Crippen molar-refractivity contribution in [2.24, 2.45) is 11.8 Å². The van der Waals surface area contributed by atoms with E-state index < -0.39 is 0 Å². The number of carbonyl (C=O) groups is 2. The molecule has 0 spiro atoms. The van der Waals surface area contributed by atoms with E-state index >= 15 is 0 Å². The van der Waals surface area contributed by atoms with Crippen LogP contribution in [-0.4, -0.2) is 47.9 Å². The van der Waals surface area contributed by atoms with Gasteiger partial charge in [0.1, 0.15) is 5.82 Å². The highest BCUT2D eigenvalue weighted by Crippen LogP contribution is 2.22. The lowest BCUT2D eigenvalue weighted by Gasteiger charge is -2.35. The molecule has 2 fully saturated rings. The number of piperidine rings is 2. The van der Waals surface area contributed by atoms with Gasteiger partial charge in [-0.25, -0.2) is 4.98 Å². The number of rotatable bonds is 3. The van der Waals surface area contributed by atoms with Gasteiger partial charge >= 0.3 is 0 Å². The molecule has 1 aromatic heterocycles. The number of hydrogen-bond acceptors (Lipinski definition) is 4. The van der Waals surface area contributed by atoms with Gasteiger partial charge in [0.25, 0.3) is 0 Å². The Labute approximate surface area is 143 Å². The first-order valence-electron chi connectivity index (χ1n) is 8.87. The van der Waals surface area contributed by atoms with E-state index in [2.05, 4.69) is 15.6 Å². The summed E-state index contributed by atoms with van der Waals surface area (Å²) in [5.74, 6) is 0.668. The number of anilines is 1. The van der Waals surface area contributed by atoms with Crippen LogP contribution in [0.5, 0.6) is 0 Å². The van der Waals surface area contributed by atoms with Crippen molar-refractivity contribution >= 4 is 17.6 Å². The van der Waals surface area contributed by atoms with Crippen molar-refractivity contribution in [1.82, 2.24) is 15.2 Å². The van der Waals surface area contributed by atoms with E-state index in [0.717, 1.165) is 51.0 Å². The summed E-state index contributed by atoms with van der Waals surface area (Å²) in [6, 6.07) is 5.57. The molecule has 1 aromatic rings. The van der Waals surface area contributed by atoms with Gasteiger partial charge in [-0.05, 0) is 51.3 Å². The second-order valence-corrected chi connectivity index (χ2v) is 6.82. The van der Waals surface area contributed by atoms with E-state index in [9.17, 15) is 9.59 Å². The Morgan fingerprint density at radius 2 is 2.08 bits per heavy atom. The van der Waals surface area contributed by atoms with Crippen molar-refractivity contribution < 1.29 is 9.59 Å². The quantitative estimate of drug-likeness (QED) is 0.882. The Morgan fingerprint density at radius 3 is 2.83 bits per heavy atom. The maximum absolute atomic E-state index is 12.7. The van der Waals surface area contributed by atoms with E-state index in [1.54, 1.807) is 6.07 Å². The predicted octanol–water partition coefficient (Wildman–Crippen LogP) is 1.57. The number of amides is 2. The van der Waals surface area contributed by atoms with Crippen LogP contribution in [0.15, 0.2) is 18.2 Å². The molecule has 2 aliphatic rings. The van der Waals surface area contributed by atoms with Crippen LogP contribution < -0.4 is 10.6 Å². The summed E-state index contributed by atoms with van der Waals surface area (Å²) >= 11 is 0. The first-order chi connectivity index (χ1) is 11.6. The summed E-state index contributed by atoms with van der Waals surface area (Å²) in [6.07, 6.45) is 3.70. The number of aryl methyl sites for hydroxylation is 1. The minimum atomic E-state index is -0.151. The molecule has 6 heteroatoms. The lowest BCUT2D eigenvalue weighted by molar-refractivity contribution is -0.139. The molecule has 6 nitrogen and oxygen atoms in total. The van der Waals surface area contributed by atoms with E-state index in [1.165, 1.54) is 0 Å². The molecule has 2 N–H and O–H groups in total. The number of carbonyl (C=O) groups excluding carboxylic acids is 2. The molecule has 2 aliphatic heterocycles. The maximum atomic E-state index is 12.7. The molecule has 2 unspecified atom stereocenters. The summed E-state index contributed by atoms with van der Waals surface area (Å²) in [7, 11) is 0. The molecule has 2 atom stereocenters. The van der Waals surface area contributed by atoms with Crippen LogP contribution in [0.2, 0.25) is 0 Å². The van der Waals surface area contributed by atoms with Crippen LogP contribution in [-0.2, 0) is 9.59 Å². The Morgan fingerprint density at radius 1 is 1.25 bits per heavy atom. The van der Waals surface area contributed by atoms with E-state index in [0.29, 0.717) is 12.4 Å². The molecular weight excluding hydrogens is 304 g/mol. The van der Waals surface area contributed by atoms with Gasteiger partial charge in [-0.2, -0.15) is 0 Å². The Hall–Kier alpha value is -1.95. The monoisotopic (exact) mass is 330 g/mol. The van der Waals surface area contributed by atoms with Crippen LogP contribution >= 0.6 is 0 Å². The summed E-state index contributed by atoms with van der Waals surface area (Å²) in [4.78, 5) is 31.4. The highest BCUT2D eigenvalue weighted by Gasteiger charge is 2.32. The van der Waals surface area contributed by atoms with Gasteiger partial charge in [-0.15, -0.1) is 0 Å². The number of hydrogen-bond donors (Lipinski definition) is 2. The fourth-order valence-corrected chi connectivity index (χ4v) is 3.55. The molecule has 0 bridgehead atoms. The van der Waals surface area contributed by atoms with E-state index in [-0.39, 0.29) is 23.7 Å². The van der Waals surface area contributed by atoms with Crippen molar-refractivity contribution in [2.75, 3.05) is 31.5 Å². The summed E-state index contributed by atoms with van der Waals surface area (Å²) < 4.78 is 0. The molecule has 130 valence electrons. The third-order valence-electron chi connectivity index (χ3n) is 4.89. The zero-order valence-corrected chi connectivity index (χ0v) is 14.3. The maximum Gasteiger partial charge on any atom is 0.230 e. The third kappa shape index (κ3) is 4.12. The summed E-state index contributed by atoms with van der Waals surface area (Å²) in [6.45, 7) is 4.95. The number of nitrogens with zero attached hydrogens (tertiary/aromatic N) is 2. The molecule has 3 rings (SSSR count). The fraction of sp³-hybridized carbons (Fsp3) is 0.611. The van der Waals surface area contributed by atoms with Gasteiger partial charge in [0.15, 0.2) is 0 Å². The number of aromatic nitrogens is 1. The fourth-order valence-electron chi connectivity index (χ4n) is 3.55. The first kappa shape index (κ1) is 16.9. The molecule has 0 radical (unpaired) electrons. The number of pyridine rings is 1. The van der Waals surface area contributed by atoms with Gasteiger partial charge in [0.05, 0.1) is 11.8 Å². The Bertz CT molecular complexity index is 598. The van der Waals surface area contributed by atoms with Crippen LogP contribution in [0.4, 0.5) is 5.82 Å². The molecule has 2 amide bonds. The van der Waals surface area contributed by atoms with Gasteiger partial charge in [0.2, 0.25) is 11.8 Å². The summed E-state index contributed by atoms with van der Waals surface area (Å²) in [5, 5.41) is 6.18. The van der Waals surface area contributed by atoms with Gasteiger partial charge in [0, 0.05) is 25.3 Å². The molecule has 0 aliphatic carbocycles. The highest BCUT2D eigenvalue weighted by atomic mass is 16.2. The molecule has 2 saturated heterocycles. The Kier molecular flexibility index (Phi) is 5.45. The van der Waals surface area contributed by atoms with Crippen LogP contribution in [0, 0.1) is 18.8 Å². The van der Waals surface area contributed by atoms with Crippen molar-refractivity contribution in [1.29, 1.82) is 0 Å². The minimum absolute atomic E-state index is 0.0348. The van der Waals surface area contributed by atoms with Gasteiger partial charge in [-0.1, -0.05) is 6.07 Å². The van der Waals surface area contributed by atoms with Crippen molar-refractivity contribution in [3.8, 4) is 0 Å². The average Bonchev–Trinajstić information content (AvgIpc) is 2.62. The van der Waals surface area contributed by atoms with Gasteiger partial charge in [-0.3, -0.25) is 9.59 Å².